The number of hydrogen-bond donors (Lipinski definition) is 3. The number of carbonyl (C=O) groups is 1. The van der Waals surface area contributed by atoms with Crippen LogP contribution in [0.15, 0.2) is 48.5 Å². The summed E-state index contributed by atoms with van der Waals surface area (Å²) < 4.78 is 50.8. The van der Waals surface area contributed by atoms with Gasteiger partial charge in [0.1, 0.15) is 5.82 Å². The average Bonchev–Trinajstić information content (AvgIpc) is 2.62. The quantitative estimate of drug-likeness (QED) is 0.594. The fraction of sp³-hybridized carbons (Fsp3) is 0.350. The Morgan fingerprint density at radius 1 is 0.964 bits per heavy atom. The van der Waals surface area contributed by atoms with Gasteiger partial charge in [0.2, 0.25) is 0 Å². The van der Waals surface area contributed by atoms with Crippen LogP contribution in [0.25, 0.3) is 0 Å². The van der Waals surface area contributed by atoms with Crippen molar-refractivity contribution in [2.24, 2.45) is 11.7 Å². The van der Waals surface area contributed by atoms with Crippen molar-refractivity contribution < 1.29 is 32.6 Å². The van der Waals surface area contributed by atoms with Crippen LogP contribution in [0.4, 0.5) is 17.6 Å². The van der Waals surface area contributed by atoms with Crippen LogP contribution >= 0.6 is 0 Å². The summed E-state index contributed by atoms with van der Waals surface area (Å²) in [6, 6.07) is 9.05. The largest absolute Gasteiger partial charge is 0.481 e. The van der Waals surface area contributed by atoms with Crippen molar-refractivity contribution in [2.45, 2.75) is 37.6 Å². The van der Waals surface area contributed by atoms with Gasteiger partial charge in [-0.15, -0.1) is 0 Å². The Hall–Kier alpha value is -2.45. The maximum absolute atomic E-state index is 12.9. The lowest BCUT2D eigenvalue weighted by Crippen LogP contribution is -2.39. The minimum absolute atomic E-state index is 0.0339. The molecule has 0 saturated carbocycles. The summed E-state index contributed by atoms with van der Waals surface area (Å²) in [5, 5.41) is 19.7. The zero-order chi connectivity index (χ0) is 20.9. The van der Waals surface area contributed by atoms with Gasteiger partial charge in [-0.1, -0.05) is 24.3 Å². The summed E-state index contributed by atoms with van der Waals surface area (Å²) >= 11 is 0. The van der Waals surface area contributed by atoms with Gasteiger partial charge < -0.3 is 15.9 Å². The molecule has 0 saturated heterocycles. The van der Waals surface area contributed by atoms with Crippen molar-refractivity contribution in [1.29, 1.82) is 0 Å². The molecule has 2 rings (SSSR count). The fourth-order valence-corrected chi connectivity index (χ4v) is 2.88. The normalized spacial score (nSPS) is 15.1. The predicted octanol–water partition coefficient (Wildman–Crippen LogP) is 3.41. The van der Waals surface area contributed by atoms with Crippen LogP contribution in [0.5, 0.6) is 0 Å². The molecule has 3 atom stereocenters. The Morgan fingerprint density at radius 3 is 1.96 bits per heavy atom. The maximum atomic E-state index is 12.9. The molecule has 3 unspecified atom stereocenters. The molecule has 0 bridgehead atoms. The maximum Gasteiger partial charge on any atom is 0.416 e. The topological polar surface area (TPSA) is 83.5 Å². The van der Waals surface area contributed by atoms with Crippen molar-refractivity contribution in [2.75, 3.05) is 0 Å². The summed E-state index contributed by atoms with van der Waals surface area (Å²) in [5.74, 6) is -2.58. The predicted molar refractivity (Wildman–Crippen MR) is 95.0 cm³/mol. The van der Waals surface area contributed by atoms with Crippen molar-refractivity contribution >= 4 is 5.97 Å². The van der Waals surface area contributed by atoms with Crippen LogP contribution in [0.2, 0.25) is 0 Å². The number of aliphatic carboxylic acids is 1. The number of halogens is 4. The molecular weight excluding hydrogens is 378 g/mol. The number of carboxylic acid groups (broad SMARTS) is 1. The van der Waals surface area contributed by atoms with E-state index in [0.29, 0.717) is 11.1 Å². The van der Waals surface area contributed by atoms with Gasteiger partial charge in [-0.2, -0.15) is 13.2 Å². The molecule has 4 N–H and O–H groups in total. The third-order valence-corrected chi connectivity index (χ3v) is 4.52. The van der Waals surface area contributed by atoms with E-state index in [9.17, 15) is 32.6 Å². The summed E-state index contributed by atoms with van der Waals surface area (Å²) in [7, 11) is 0. The Morgan fingerprint density at radius 2 is 1.46 bits per heavy atom. The second kappa shape index (κ2) is 9.16. The molecule has 2 aromatic rings. The van der Waals surface area contributed by atoms with Gasteiger partial charge in [-0.25, -0.2) is 4.39 Å². The molecule has 0 aromatic heterocycles. The van der Waals surface area contributed by atoms with Crippen LogP contribution in [-0.4, -0.2) is 28.3 Å². The summed E-state index contributed by atoms with van der Waals surface area (Å²) in [5.41, 5.74) is 6.23. The second-order valence-corrected chi connectivity index (χ2v) is 6.73. The molecule has 2 aromatic carbocycles. The van der Waals surface area contributed by atoms with Gasteiger partial charge in [-0.3, -0.25) is 4.79 Å². The number of carboxylic acids is 1. The van der Waals surface area contributed by atoms with Crippen LogP contribution < -0.4 is 5.73 Å². The molecule has 0 heterocycles. The van der Waals surface area contributed by atoms with Crippen molar-refractivity contribution in [3.05, 3.63) is 71.0 Å². The van der Waals surface area contributed by atoms with E-state index in [1.54, 1.807) is 0 Å². The molecule has 0 aliphatic carbocycles. The van der Waals surface area contributed by atoms with E-state index >= 15 is 0 Å². The number of aliphatic hydroxyl groups excluding tert-OH is 1. The Labute approximate surface area is 159 Å². The molecule has 8 heteroatoms. The zero-order valence-corrected chi connectivity index (χ0v) is 14.9. The molecule has 28 heavy (non-hydrogen) atoms. The van der Waals surface area contributed by atoms with E-state index < -0.39 is 41.6 Å². The minimum Gasteiger partial charge on any atom is -0.481 e. The lowest BCUT2D eigenvalue weighted by Gasteiger charge is -2.22. The molecule has 0 amide bonds. The van der Waals surface area contributed by atoms with Gasteiger partial charge in [0, 0.05) is 6.04 Å². The van der Waals surface area contributed by atoms with Crippen LogP contribution in [0.1, 0.15) is 23.1 Å². The number of hydrogen-bond acceptors (Lipinski definition) is 3. The Kier molecular flexibility index (Phi) is 7.15. The number of rotatable bonds is 8. The van der Waals surface area contributed by atoms with Crippen molar-refractivity contribution in [3.63, 3.8) is 0 Å². The van der Waals surface area contributed by atoms with E-state index in [1.165, 1.54) is 36.4 Å². The second-order valence-electron chi connectivity index (χ2n) is 6.73. The fourth-order valence-electron chi connectivity index (χ4n) is 2.88. The first-order chi connectivity index (χ1) is 13.1. The first kappa shape index (κ1) is 21.8. The van der Waals surface area contributed by atoms with Crippen LogP contribution in [0.3, 0.4) is 0 Å². The van der Waals surface area contributed by atoms with Gasteiger partial charge in [0.05, 0.1) is 17.6 Å². The highest BCUT2D eigenvalue weighted by molar-refractivity contribution is 5.70. The van der Waals surface area contributed by atoms with Gasteiger partial charge in [0.15, 0.2) is 0 Å². The third kappa shape index (κ3) is 6.31. The monoisotopic (exact) mass is 399 g/mol. The molecule has 152 valence electrons. The van der Waals surface area contributed by atoms with Crippen LogP contribution in [-0.2, 0) is 23.8 Å². The molecule has 0 radical (unpaired) electrons. The highest BCUT2D eigenvalue weighted by Gasteiger charge is 2.30. The van der Waals surface area contributed by atoms with Gasteiger partial charge in [0.25, 0.3) is 0 Å². The van der Waals surface area contributed by atoms with Crippen molar-refractivity contribution in [1.82, 2.24) is 0 Å². The summed E-state index contributed by atoms with van der Waals surface area (Å²) in [6.07, 6.45) is -5.56. The summed E-state index contributed by atoms with van der Waals surface area (Å²) in [4.78, 5) is 11.5. The molecule has 0 fully saturated rings. The molecule has 0 spiro atoms. The number of alkyl halides is 3. The number of nitrogens with two attached hydrogens (primary N) is 1. The summed E-state index contributed by atoms with van der Waals surface area (Å²) in [6.45, 7) is 0. The van der Waals surface area contributed by atoms with E-state index in [1.807, 2.05) is 0 Å². The smallest absolute Gasteiger partial charge is 0.416 e. The van der Waals surface area contributed by atoms with E-state index in [0.717, 1.165) is 12.1 Å². The van der Waals surface area contributed by atoms with E-state index in [4.69, 9.17) is 5.73 Å². The zero-order valence-electron chi connectivity index (χ0n) is 14.9. The Bertz CT molecular complexity index is 776. The van der Waals surface area contributed by atoms with Crippen molar-refractivity contribution in [3.8, 4) is 0 Å². The Balaban J connectivity index is 1.99. The number of benzene rings is 2. The van der Waals surface area contributed by atoms with E-state index in [-0.39, 0.29) is 19.3 Å². The lowest BCUT2D eigenvalue weighted by molar-refractivity contribution is -0.143. The minimum atomic E-state index is -4.46. The first-order valence-corrected chi connectivity index (χ1v) is 8.63. The van der Waals surface area contributed by atoms with Gasteiger partial charge >= 0.3 is 12.1 Å². The molecule has 0 aliphatic heterocycles. The average molecular weight is 399 g/mol. The highest BCUT2D eigenvalue weighted by atomic mass is 19.4. The number of aliphatic hydroxyl groups is 1. The lowest BCUT2D eigenvalue weighted by atomic mass is 9.89. The SMILES string of the molecule is NC(Cc1ccc(F)cc1)C(O)CC(Cc1ccc(C(F)(F)F)cc1)C(=O)O. The molecule has 4 nitrogen and oxygen atoms in total. The molecular formula is C20H21F4NO3. The standard InChI is InChI=1S/C20H21F4NO3/c21-16-7-3-13(4-8-16)10-17(25)18(26)11-14(19(27)28)9-12-1-5-15(6-2-12)20(22,23)24/h1-8,14,17-18,26H,9-11,25H2,(H,27,28). The van der Waals surface area contributed by atoms with E-state index in [2.05, 4.69) is 0 Å². The molecule has 0 aliphatic rings. The van der Waals surface area contributed by atoms with Crippen LogP contribution in [0, 0.1) is 11.7 Å². The third-order valence-electron chi connectivity index (χ3n) is 4.52. The first-order valence-electron chi connectivity index (χ1n) is 8.63. The highest BCUT2D eigenvalue weighted by Crippen LogP contribution is 2.29. The van der Waals surface area contributed by atoms with Gasteiger partial charge in [-0.05, 0) is 54.7 Å².